The van der Waals surface area contributed by atoms with Crippen molar-refractivity contribution in [1.29, 1.82) is 0 Å². The lowest BCUT2D eigenvalue weighted by Crippen LogP contribution is -2.47. The van der Waals surface area contributed by atoms with Crippen molar-refractivity contribution in [2.45, 2.75) is 18.7 Å². The summed E-state index contributed by atoms with van der Waals surface area (Å²) < 4.78 is 54.8. The van der Waals surface area contributed by atoms with E-state index in [9.17, 15) is 18.0 Å². The van der Waals surface area contributed by atoms with Crippen molar-refractivity contribution in [2.75, 3.05) is 7.11 Å². The van der Waals surface area contributed by atoms with Crippen molar-refractivity contribution >= 4 is 17.6 Å². The molecule has 0 spiro atoms. The van der Waals surface area contributed by atoms with Crippen LogP contribution < -0.4 is 14.2 Å². The normalized spacial score (nSPS) is 19.0. The number of fused-ring (bicyclic) bond motifs is 1. The number of ether oxygens (including phenoxy) is 3. The highest BCUT2D eigenvalue weighted by Crippen LogP contribution is 2.40. The van der Waals surface area contributed by atoms with E-state index in [1.54, 1.807) is 12.1 Å². The van der Waals surface area contributed by atoms with Crippen molar-refractivity contribution in [3.05, 3.63) is 47.0 Å². The third kappa shape index (κ3) is 4.05. The average Bonchev–Trinajstić information content (AvgIpc) is 2.60. The molecule has 0 radical (unpaired) electrons. The summed E-state index contributed by atoms with van der Waals surface area (Å²) in [5, 5.41) is 9.47. The molecule has 0 bridgehead atoms. The van der Waals surface area contributed by atoms with Gasteiger partial charge < -0.3 is 19.3 Å². The fraction of sp³-hybridized carbons (Fsp3) is 0.278. The Morgan fingerprint density at radius 3 is 2.48 bits per heavy atom. The molecular formula is C18H14ClF3O5. The van der Waals surface area contributed by atoms with Gasteiger partial charge in [-0.3, -0.25) is 4.79 Å². The standard InChI is InChI=1S/C18H14ClF3O5/c1-25-15-5-3-11(8-13(15)19)26-10-2-4-14-9(6-10)7-12(17(23)24)16(27-14)18(20,21)22/h2-6,8,12,16H,7H2,1H3,(H,23,24)/t12-,16+/m1/s1. The number of carboxylic acid groups (broad SMARTS) is 1. The van der Waals surface area contributed by atoms with E-state index >= 15 is 0 Å². The Hall–Kier alpha value is -2.61. The lowest BCUT2D eigenvalue weighted by Gasteiger charge is -2.32. The summed E-state index contributed by atoms with van der Waals surface area (Å²) in [5.74, 6) is -2.16. The molecular weight excluding hydrogens is 389 g/mol. The number of aliphatic carboxylic acids is 1. The van der Waals surface area contributed by atoms with Crippen LogP contribution in [0, 0.1) is 5.92 Å². The van der Waals surface area contributed by atoms with Crippen LogP contribution in [0.4, 0.5) is 13.2 Å². The van der Waals surface area contributed by atoms with Gasteiger partial charge in [0.25, 0.3) is 0 Å². The molecule has 0 saturated heterocycles. The van der Waals surface area contributed by atoms with Gasteiger partial charge in [0.1, 0.15) is 28.9 Å². The maximum atomic E-state index is 13.1. The Morgan fingerprint density at radius 1 is 1.22 bits per heavy atom. The number of alkyl halides is 3. The van der Waals surface area contributed by atoms with Crippen LogP contribution in [0.3, 0.4) is 0 Å². The minimum atomic E-state index is -4.78. The summed E-state index contributed by atoms with van der Waals surface area (Å²) in [5.41, 5.74) is 0.319. The van der Waals surface area contributed by atoms with E-state index in [4.69, 9.17) is 30.9 Å². The molecule has 0 fully saturated rings. The summed E-state index contributed by atoms with van der Waals surface area (Å²) in [6, 6.07) is 8.96. The van der Waals surface area contributed by atoms with Crippen molar-refractivity contribution in [1.82, 2.24) is 0 Å². The fourth-order valence-electron chi connectivity index (χ4n) is 2.82. The molecule has 9 heteroatoms. The lowest BCUT2D eigenvalue weighted by atomic mass is 9.90. The van der Waals surface area contributed by atoms with Crippen molar-refractivity contribution in [3.63, 3.8) is 0 Å². The van der Waals surface area contributed by atoms with Crippen molar-refractivity contribution in [2.24, 2.45) is 5.92 Å². The zero-order valence-electron chi connectivity index (χ0n) is 13.9. The zero-order chi connectivity index (χ0) is 19.8. The molecule has 27 heavy (non-hydrogen) atoms. The molecule has 1 heterocycles. The minimum Gasteiger partial charge on any atom is -0.495 e. The second-order valence-corrected chi connectivity index (χ2v) is 6.30. The van der Waals surface area contributed by atoms with Gasteiger partial charge in [-0.25, -0.2) is 0 Å². The zero-order valence-corrected chi connectivity index (χ0v) is 14.7. The summed E-state index contributed by atoms with van der Waals surface area (Å²) in [7, 11) is 1.47. The third-order valence-electron chi connectivity index (χ3n) is 4.09. The summed E-state index contributed by atoms with van der Waals surface area (Å²) in [4.78, 5) is 11.3. The lowest BCUT2D eigenvalue weighted by molar-refractivity contribution is -0.217. The Kier molecular flexibility index (Phi) is 5.10. The SMILES string of the molecule is COc1ccc(Oc2ccc3c(c2)C[C@@H](C(=O)O)[C@@H](C(F)(F)F)O3)cc1Cl. The quantitative estimate of drug-likeness (QED) is 0.802. The number of benzene rings is 2. The first-order chi connectivity index (χ1) is 12.7. The molecule has 0 aliphatic carbocycles. The minimum absolute atomic E-state index is 0.0186. The molecule has 0 aromatic heterocycles. The summed E-state index contributed by atoms with van der Waals surface area (Å²) >= 11 is 6.03. The number of methoxy groups -OCH3 is 1. The van der Waals surface area contributed by atoms with Crippen LogP contribution in [-0.2, 0) is 11.2 Å². The highest BCUT2D eigenvalue weighted by Gasteiger charge is 2.52. The highest BCUT2D eigenvalue weighted by atomic mass is 35.5. The van der Waals surface area contributed by atoms with Crippen molar-refractivity contribution in [3.8, 4) is 23.0 Å². The molecule has 1 aliphatic heterocycles. The Labute approximate surface area is 157 Å². The molecule has 1 aliphatic rings. The van der Waals surface area contributed by atoms with Gasteiger partial charge in [-0.05, 0) is 42.3 Å². The van der Waals surface area contributed by atoms with E-state index in [-0.39, 0.29) is 12.2 Å². The fourth-order valence-corrected chi connectivity index (χ4v) is 3.06. The monoisotopic (exact) mass is 402 g/mol. The van der Waals surface area contributed by atoms with E-state index in [0.29, 0.717) is 27.8 Å². The average molecular weight is 403 g/mol. The number of halogens is 4. The van der Waals surface area contributed by atoms with Crippen LogP contribution in [0.1, 0.15) is 5.56 Å². The van der Waals surface area contributed by atoms with Gasteiger partial charge in [0.2, 0.25) is 6.10 Å². The number of hydrogen-bond donors (Lipinski definition) is 1. The van der Waals surface area contributed by atoms with Crippen LogP contribution in [0.15, 0.2) is 36.4 Å². The third-order valence-corrected chi connectivity index (χ3v) is 4.39. The largest absolute Gasteiger partial charge is 0.495 e. The van der Waals surface area contributed by atoms with Gasteiger partial charge in [0, 0.05) is 6.07 Å². The van der Waals surface area contributed by atoms with E-state index in [2.05, 4.69) is 0 Å². The number of rotatable bonds is 4. The Balaban J connectivity index is 1.86. The number of carboxylic acids is 1. The molecule has 0 amide bonds. The van der Waals surface area contributed by atoms with E-state index in [0.717, 1.165) is 0 Å². The van der Waals surface area contributed by atoms with Crippen LogP contribution in [0.5, 0.6) is 23.0 Å². The first-order valence-electron chi connectivity index (χ1n) is 7.79. The number of carbonyl (C=O) groups is 1. The van der Waals surface area contributed by atoms with Gasteiger partial charge in [0.05, 0.1) is 12.1 Å². The molecule has 5 nitrogen and oxygen atoms in total. The van der Waals surface area contributed by atoms with E-state index in [1.807, 2.05) is 0 Å². The van der Waals surface area contributed by atoms with Gasteiger partial charge in [0.15, 0.2) is 0 Å². The molecule has 1 N–H and O–H groups in total. The number of hydrogen-bond acceptors (Lipinski definition) is 4. The Bertz CT molecular complexity index is 869. The molecule has 2 aromatic carbocycles. The van der Waals surface area contributed by atoms with Crippen LogP contribution in [0.2, 0.25) is 5.02 Å². The molecule has 0 unspecified atom stereocenters. The molecule has 0 saturated carbocycles. The molecule has 144 valence electrons. The molecule has 3 rings (SSSR count). The van der Waals surface area contributed by atoms with Gasteiger partial charge in [-0.1, -0.05) is 11.6 Å². The Morgan fingerprint density at radius 2 is 1.89 bits per heavy atom. The topological polar surface area (TPSA) is 65.0 Å². The smallest absolute Gasteiger partial charge is 0.426 e. The predicted molar refractivity (Wildman–Crippen MR) is 89.8 cm³/mol. The van der Waals surface area contributed by atoms with E-state index in [1.165, 1.54) is 31.4 Å². The maximum absolute atomic E-state index is 13.1. The maximum Gasteiger partial charge on any atom is 0.426 e. The first kappa shape index (κ1) is 19.2. The second-order valence-electron chi connectivity index (χ2n) is 5.90. The molecule has 2 aromatic rings. The van der Waals surface area contributed by atoms with Crippen molar-refractivity contribution < 1.29 is 37.3 Å². The van der Waals surface area contributed by atoms with Crippen LogP contribution in [0.25, 0.3) is 0 Å². The highest BCUT2D eigenvalue weighted by molar-refractivity contribution is 6.32. The van der Waals surface area contributed by atoms with Crippen LogP contribution in [-0.4, -0.2) is 30.5 Å². The van der Waals surface area contributed by atoms with Gasteiger partial charge in [-0.2, -0.15) is 13.2 Å². The summed E-state index contributed by atoms with van der Waals surface area (Å²) in [6.07, 6.45) is -7.50. The van der Waals surface area contributed by atoms with E-state index < -0.39 is 24.2 Å². The predicted octanol–water partition coefficient (Wildman–Crippen LogP) is 4.71. The molecule has 2 atom stereocenters. The second kappa shape index (κ2) is 7.19. The summed E-state index contributed by atoms with van der Waals surface area (Å²) in [6.45, 7) is 0. The van der Waals surface area contributed by atoms with Gasteiger partial charge in [-0.15, -0.1) is 0 Å². The first-order valence-corrected chi connectivity index (χ1v) is 8.17. The van der Waals surface area contributed by atoms with Gasteiger partial charge >= 0.3 is 12.1 Å². The van der Waals surface area contributed by atoms with Crippen LogP contribution >= 0.6 is 11.6 Å².